The van der Waals surface area contributed by atoms with Crippen LogP contribution in [0.3, 0.4) is 0 Å². The monoisotopic (exact) mass is 427 g/mol. The number of hydrogen-bond donors (Lipinski definition) is 2. The number of benzene rings is 1. The van der Waals surface area contributed by atoms with Gasteiger partial charge in [-0.3, -0.25) is 14.9 Å². The first kappa shape index (κ1) is 20.1. The molecule has 2 N–H and O–H groups in total. The number of pyridine rings is 1. The minimum absolute atomic E-state index is 0.0867. The fourth-order valence-electron chi connectivity index (χ4n) is 4.30. The van der Waals surface area contributed by atoms with E-state index in [1.54, 1.807) is 25.5 Å². The maximum atomic E-state index is 12.1. The molecule has 4 aromatic rings. The van der Waals surface area contributed by atoms with Crippen molar-refractivity contribution in [1.82, 2.24) is 30.0 Å². The van der Waals surface area contributed by atoms with Gasteiger partial charge in [0.25, 0.3) is 0 Å². The summed E-state index contributed by atoms with van der Waals surface area (Å²) in [5, 5.41) is 11.5. The second kappa shape index (κ2) is 8.37. The van der Waals surface area contributed by atoms with Crippen LogP contribution in [0, 0.1) is 0 Å². The van der Waals surface area contributed by atoms with Crippen LogP contribution in [0.5, 0.6) is 0 Å². The van der Waals surface area contributed by atoms with Gasteiger partial charge in [-0.15, -0.1) is 0 Å². The highest BCUT2D eigenvalue weighted by Gasteiger charge is 2.30. The average Bonchev–Trinajstić information content (AvgIpc) is 3.27. The van der Waals surface area contributed by atoms with Crippen molar-refractivity contribution in [2.24, 2.45) is 0 Å². The van der Waals surface area contributed by atoms with E-state index in [2.05, 4.69) is 27.4 Å². The molecular weight excluding hydrogens is 402 g/mol. The number of carbonyl (C=O) groups is 1. The van der Waals surface area contributed by atoms with E-state index in [0.29, 0.717) is 12.4 Å². The number of nitrogens with one attached hydrogen (secondary N) is 2. The van der Waals surface area contributed by atoms with Gasteiger partial charge in [-0.2, -0.15) is 5.10 Å². The van der Waals surface area contributed by atoms with Gasteiger partial charge in [0.2, 0.25) is 5.91 Å². The van der Waals surface area contributed by atoms with Gasteiger partial charge in [-0.1, -0.05) is 0 Å². The molecule has 0 saturated carbocycles. The largest absolute Gasteiger partial charge is 0.340 e. The first-order valence-electron chi connectivity index (χ1n) is 10.8. The van der Waals surface area contributed by atoms with E-state index >= 15 is 0 Å². The molecule has 0 spiro atoms. The van der Waals surface area contributed by atoms with Crippen molar-refractivity contribution in [3.05, 3.63) is 60.8 Å². The molecule has 1 aromatic carbocycles. The molecule has 0 radical (unpaired) electrons. The molecule has 1 aliphatic rings. The quantitative estimate of drug-likeness (QED) is 0.504. The number of likely N-dealkylation sites (tertiary alicyclic amines) is 1. The Kier molecular flexibility index (Phi) is 5.26. The molecule has 0 bridgehead atoms. The van der Waals surface area contributed by atoms with Gasteiger partial charge in [-0.05, 0) is 50.1 Å². The smallest absolute Gasteiger partial charge is 0.219 e. The summed E-state index contributed by atoms with van der Waals surface area (Å²) in [6, 6.07) is 12.1. The van der Waals surface area contributed by atoms with Gasteiger partial charge in [0, 0.05) is 60.5 Å². The van der Waals surface area contributed by atoms with Gasteiger partial charge in [-0.25, -0.2) is 9.97 Å². The Morgan fingerprint density at radius 3 is 2.88 bits per heavy atom. The summed E-state index contributed by atoms with van der Waals surface area (Å²) < 4.78 is 0. The summed E-state index contributed by atoms with van der Waals surface area (Å²) in [5.41, 5.74) is 3.64. The van der Waals surface area contributed by atoms with Crippen molar-refractivity contribution in [3.63, 3.8) is 0 Å². The lowest BCUT2D eigenvalue weighted by Gasteiger charge is -2.37. The number of aromatic nitrogens is 5. The van der Waals surface area contributed by atoms with E-state index in [9.17, 15) is 4.79 Å². The molecule has 0 aliphatic carbocycles. The fourth-order valence-corrected chi connectivity index (χ4v) is 4.30. The van der Waals surface area contributed by atoms with E-state index in [1.807, 2.05) is 41.3 Å². The Balaban J connectivity index is 1.52. The number of anilines is 2. The predicted octanol–water partition coefficient (Wildman–Crippen LogP) is 4.27. The molecule has 1 saturated heterocycles. The van der Waals surface area contributed by atoms with Gasteiger partial charge in [0.15, 0.2) is 0 Å². The van der Waals surface area contributed by atoms with Crippen LogP contribution in [-0.2, 0) is 4.79 Å². The Bertz CT molecular complexity index is 1250. The molecule has 4 heterocycles. The maximum absolute atomic E-state index is 12.1. The molecular formula is C24H25N7O. The lowest BCUT2D eigenvalue weighted by Crippen LogP contribution is -2.44. The van der Waals surface area contributed by atoms with Crippen LogP contribution in [0.4, 0.5) is 11.5 Å². The zero-order valence-corrected chi connectivity index (χ0v) is 18.1. The second-order valence-corrected chi connectivity index (χ2v) is 8.33. The van der Waals surface area contributed by atoms with E-state index in [-0.39, 0.29) is 17.9 Å². The molecule has 2 atom stereocenters. The van der Waals surface area contributed by atoms with E-state index < -0.39 is 0 Å². The molecule has 1 aliphatic heterocycles. The number of carbonyl (C=O) groups excluding carboxylic acids is 1. The summed E-state index contributed by atoms with van der Waals surface area (Å²) >= 11 is 0. The normalized spacial score (nSPS) is 18.6. The first-order chi connectivity index (χ1) is 15.6. The maximum Gasteiger partial charge on any atom is 0.219 e. The molecule has 1 amide bonds. The summed E-state index contributed by atoms with van der Waals surface area (Å²) in [7, 11) is 0. The average molecular weight is 428 g/mol. The highest BCUT2D eigenvalue weighted by Crippen LogP contribution is 2.31. The highest BCUT2D eigenvalue weighted by atomic mass is 16.2. The summed E-state index contributed by atoms with van der Waals surface area (Å²) in [6.45, 7) is 4.36. The zero-order valence-electron chi connectivity index (χ0n) is 18.1. The number of aromatic amines is 1. The fraction of sp³-hybridized carbons (Fsp3) is 0.292. The summed E-state index contributed by atoms with van der Waals surface area (Å²) in [5.74, 6) is 1.64. The van der Waals surface area contributed by atoms with Crippen LogP contribution in [0.25, 0.3) is 22.2 Å². The van der Waals surface area contributed by atoms with Gasteiger partial charge in [0.05, 0.1) is 17.4 Å². The molecule has 3 aromatic heterocycles. The van der Waals surface area contributed by atoms with Crippen molar-refractivity contribution < 1.29 is 4.79 Å². The van der Waals surface area contributed by atoms with Crippen molar-refractivity contribution in [1.29, 1.82) is 0 Å². The van der Waals surface area contributed by atoms with Crippen LogP contribution in [0.2, 0.25) is 0 Å². The Hall–Kier alpha value is -3.81. The Labute approximate surface area is 186 Å². The molecule has 1 fully saturated rings. The van der Waals surface area contributed by atoms with Gasteiger partial charge in [0.1, 0.15) is 11.6 Å². The number of rotatable bonds is 4. The third-order valence-corrected chi connectivity index (χ3v) is 6.07. The number of piperidine rings is 1. The van der Waals surface area contributed by atoms with Crippen LogP contribution < -0.4 is 5.32 Å². The Morgan fingerprint density at radius 2 is 2.06 bits per heavy atom. The molecule has 8 nitrogen and oxygen atoms in total. The first-order valence-corrected chi connectivity index (χ1v) is 10.8. The zero-order chi connectivity index (χ0) is 22.1. The van der Waals surface area contributed by atoms with E-state index in [4.69, 9.17) is 9.97 Å². The molecule has 0 unspecified atom stereocenters. The SMILES string of the molecule is CC(=O)N1C[C@H](c2nc(Nc3ccc4[nH]ncc4c3)cc(-c3cccnc3)n2)CC[C@@H]1C. The van der Waals surface area contributed by atoms with Gasteiger partial charge >= 0.3 is 0 Å². The van der Waals surface area contributed by atoms with E-state index in [0.717, 1.165) is 46.5 Å². The van der Waals surface area contributed by atoms with Crippen molar-refractivity contribution in [2.45, 2.75) is 38.6 Å². The van der Waals surface area contributed by atoms with Gasteiger partial charge < -0.3 is 10.2 Å². The summed E-state index contributed by atoms with van der Waals surface area (Å²) in [6.07, 6.45) is 7.23. The molecule has 32 heavy (non-hydrogen) atoms. The minimum Gasteiger partial charge on any atom is -0.340 e. The van der Waals surface area contributed by atoms with Crippen molar-refractivity contribution in [2.75, 3.05) is 11.9 Å². The lowest BCUT2D eigenvalue weighted by molar-refractivity contribution is -0.132. The van der Waals surface area contributed by atoms with E-state index in [1.165, 1.54) is 0 Å². The minimum atomic E-state index is 0.0867. The second-order valence-electron chi connectivity index (χ2n) is 8.33. The Morgan fingerprint density at radius 1 is 1.16 bits per heavy atom. The standard InChI is InChI=1S/C24H25N7O/c1-15-5-6-18(14-31(15)16(2)32)24-28-22(17-4-3-9-25-12-17)11-23(29-24)27-20-7-8-21-19(10-20)13-26-30-21/h3-4,7-13,15,18H,5-6,14H2,1-2H3,(H,26,30)(H,27,28,29)/t15-,18+/m0/s1. The highest BCUT2D eigenvalue weighted by molar-refractivity contribution is 5.82. The van der Waals surface area contributed by atoms with Crippen LogP contribution in [0.1, 0.15) is 38.4 Å². The predicted molar refractivity (Wildman–Crippen MR) is 123 cm³/mol. The molecule has 8 heteroatoms. The van der Waals surface area contributed by atoms with Crippen LogP contribution >= 0.6 is 0 Å². The van der Waals surface area contributed by atoms with Crippen LogP contribution in [0.15, 0.2) is 55.0 Å². The molecule has 5 rings (SSSR count). The summed E-state index contributed by atoms with van der Waals surface area (Å²) in [4.78, 5) is 28.0. The topological polar surface area (TPSA) is 99.7 Å². The molecule has 162 valence electrons. The number of amides is 1. The van der Waals surface area contributed by atoms with Crippen molar-refractivity contribution >= 4 is 28.3 Å². The van der Waals surface area contributed by atoms with Crippen LogP contribution in [-0.4, -0.2) is 48.5 Å². The number of nitrogens with zero attached hydrogens (tertiary/aromatic N) is 5. The number of hydrogen-bond acceptors (Lipinski definition) is 6. The van der Waals surface area contributed by atoms with Crippen molar-refractivity contribution in [3.8, 4) is 11.3 Å². The number of fused-ring (bicyclic) bond motifs is 1. The number of H-pyrrole nitrogens is 1. The lowest BCUT2D eigenvalue weighted by atomic mass is 9.92. The third-order valence-electron chi connectivity index (χ3n) is 6.07. The third kappa shape index (κ3) is 4.03.